The van der Waals surface area contributed by atoms with Gasteiger partial charge in [-0.25, -0.2) is 9.82 Å². The highest BCUT2D eigenvalue weighted by atomic mass is 19.1. The maximum Gasteiger partial charge on any atom is 0.247 e. The molecule has 154 valence electrons. The zero-order valence-electron chi connectivity index (χ0n) is 16.9. The Bertz CT molecular complexity index is 887. The van der Waals surface area contributed by atoms with E-state index in [1.54, 1.807) is 6.07 Å². The minimum atomic E-state index is -0.486. The van der Waals surface area contributed by atoms with E-state index in [2.05, 4.69) is 26.3 Å². The number of benzene rings is 2. The lowest BCUT2D eigenvalue weighted by Crippen LogP contribution is -2.43. The lowest BCUT2D eigenvalue weighted by atomic mass is 10.1. The largest absolute Gasteiger partial charge is 0.373 e. The monoisotopic (exact) mass is 398 g/mol. The Hall–Kier alpha value is -2.68. The average Bonchev–Trinajstić information content (AvgIpc) is 3.33. The molecule has 0 spiro atoms. The maximum absolute atomic E-state index is 14.1. The zero-order chi connectivity index (χ0) is 20.5. The van der Waals surface area contributed by atoms with Gasteiger partial charge in [-0.1, -0.05) is 12.1 Å². The number of fused-ring (bicyclic) bond motifs is 1. The van der Waals surface area contributed by atoms with Gasteiger partial charge < -0.3 is 15.5 Å². The number of aryl methyl sites for hydroxylation is 1. The van der Waals surface area contributed by atoms with Crippen LogP contribution in [0.3, 0.4) is 0 Å². The Labute approximate surface area is 170 Å². The van der Waals surface area contributed by atoms with E-state index in [1.165, 1.54) is 6.07 Å². The fourth-order valence-corrected chi connectivity index (χ4v) is 3.83. The molecule has 2 atom stereocenters. The maximum atomic E-state index is 14.1. The van der Waals surface area contributed by atoms with Gasteiger partial charge in [0.1, 0.15) is 11.9 Å². The lowest BCUT2D eigenvalue weighted by Gasteiger charge is -2.21. The minimum absolute atomic E-state index is 0.169. The molecule has 2 aliphatic heterocycles. The Morgan fingerprint density at radius 1 is 1.31 bits per heavy atom. The Morgan fingerprint density at radius 3 is 2.90 bits per heavy atom. The molecule has 2 heterocycles. The summed E-state index contributed by atoms with van der Waals surface area (Å²) in [4.78, 5) is 14.9. The molecule has 0 aliphatic carbocycles. The Balaban J connectivity index is 1.41. The van der Waals surface area contributed by atoms with Crippen LogP contribution in [0.2, 0.25) is 0 Å². The van der Waals surface area contributed by atoms with Crippen molar-refractivity contribution >= 4 is 23.0 Å². The number of anilines is 3. The van der Waals surface area contributed by atoms with Crippen molar-refractivity contribution in [2.45, 2.75) is 25.6 Å². The van der Waals surface area contributed by atoms with E-state index in [-0.39, 0.29) is 17.9 Å². The molecular weight excluding hydrogens is 371 g/mol. The SMILES string of the molecule is Cc1ccc(F)c2c1NC(C(=O)Nc1cccc(N3CNC(CN(C)C)N3)c1)C2. The van der Waals surface area contributed by atoms with Gasteiger partial charge in [0.05, 0.1) is 18.5 Å². The van der Waals surface area contributed by atoms with Gasteiger partial charge in [0, 0.05) is 29.9 Å². The molecule has 4 N–H and O–H groups in total. The summed E-state index contributed by atoms with van der Waals surface area (Å²) in [5.74, 6) is -0.439. The molecule has 0 aromatic heterocycles. The average molecular weight is 398 g/mol. The number of nitrogens with zero attached hydrogens (tertiary/aromatic N) is 2. The van der Waals surface area contributed by atoms with Crippen LogP contribution in [0.15, 0.2) is 36.4 Å². The minimum Gasteiger partial charge on any atom is -0.373 e. The summed E-state index contributed by atoms with van der Waals surface area (Å²) >= 11 is 0. The van der Waals surface area contributed by atoms with Crippen molar-refractivity contribution in [1.29, 1.82) is 0 Å². The van der Waals surface area contributed by atoms with E-state index in [1.807, 2.05) is 50.3 Å². The third-order valence-corrected chi connectivity index (χ3v) is 5.29. The van der Waals surface area contributed by atoms with E-state index in [0.29, 0.717) is 24.3 Å². The summed E-state index contributed by atoms with van der Waals surface area (Å²) in [5, 5.41) is 11.5. The molecule has 1 fully saturated rings. The number of hydrogen-bond acceptors (Lipinski definition) is 6. The van der Waals surface area contributed by atoms with Crippen LogP contribution >= 0.6 is 0 Å². The van der Waals surface area contributed by atoms with Crippen molar-refractivity contribution in [1.82, 2.24) is 15.6 Å². The topological polar surface area (TPSA) is 71.7 Å². The van der Waals surface area contributed by atoms with Gasteiger partial charge in [-0.05, 0) is 50.8 Å². The number of halogens is 1. The summed E-state index contributed by atoms with van der Waals surface area (Å²) in [7, 11) is 4.07. The highest BCUT2D eigenvalue weighted by Crippen LogP contribution is 2.32. The molecule has 8 heteroatoms. The molecule has 2 aliphatic rings. The van der Waals surface area contributed by atoms with E-state index in [9.17, 15) is 9.18 Å². The van der Waals surface area contributed by atoms with Crippen LogP contribution < -0.4 is 26.4 Å². The second kappa shape index (κ2) is 7.98. The van der Waals surface area contributed by atoms with Crippen LogP contribution in [0.1, 0.15) is 11.1 Å². The summed E-state index contributed by atoms with van der Waals surface area (Å²) in [5.41, 5.74) is 7.34. The van der Waals surface area contributed by atoms with Gasteiger partial charge in [0.15, 0.2) is 0 Å². The van der Waals surface area contributed by atoms with E-state index in [4.69, 9.17) is 0 Å². The fourth-order valence-electron chi connectivity index (χ4n) is 3.83. The van der Waals surface area contributed by atoms with Crippen molar-refractivity contribution < 1.29 is 9.18 Å². The highest BCUT2D eigenvalue weighted by molar-refractivity contribution is 5.98. The lowest BCUT2D eigenvalue weighted by molar-refractivity contribution is -0.116. The molecular formula is C21H27FN6O. The van der Waals surface area contributed by atoms with Gasteiger partial charge >= 0.3 is 0 Å². The van der Waals surface area contributed by atoms with Gasteiger partial charge in [0.2, 0.25) is 5.91 Å². The first-order valence-corrected chi connectivity index (χ1v) is 9.78. The van der Waals surface area contributed by atoms with Crippen molar-refractivity contribution in [3.05, 3.63) is 53.3 Å². The smallest absolute Gasteiger partial charge is 0.247 e. The number of nitrogens with one attached hydrogen (secondary N) is 4. The van der Waals surface area contributed by atoms with Crippen LogP contribution in [0.4, 0.5) is 21.5 Å². The van der Waals surface area contributed by atoms with Crippen LogP contribution in [0.25, 0.3) is 0 Å². The summed E-state index contributed by atoms with van der Waals surface area (Å²) in [6.45, 7) is 3.46. The molecule has 2 aromatic rings. The number of hydrogen-bond donors (Lipinski definition) is 4. The van der Waals surface area contributed by atoms with Crippen LogP contribution in [-0.4, -0.2) is 50.3 Å². The predicted molar refractivity (Wildman–Crippen MR) is 113 cm³/mol. The Morgan fingerprint density at radius 2 is 2.14 bits per heavy atom. The first-order valence-electron chi connectivity index (χ1n) is 9.78. The van der Waals surface area contributed by atoms with E-state index >= 15 is 0 Å². The molecule has 29 heavy (non-hydrogen) atoms. The molecule has 1 saturated heterocycles. The van der Waals surface area contributed by atoms with Crippen LogP contribution in [-0.2, 0) is 11.2 Å². The van der Waals surface area contributed by atoms with Crippen molar-refractivity contribution in [2.24, 2.45) is 0 Å². The van der Waals surface area contributed by atoms with Gasteiger partial charge in [-0.15, -0.1) is 0 Å². The molecule has 1 amide bonds. The highest BCUT2D eigenvalue weighted by Gasteiger charge is 2.30. The van der Waals surface area contributed by atoms with Gasteiger partial charge in [0.25, 0.3) is 0 Å². The number of carbonyl (C=O) groups is 1. The third-order valence-electron chi connectivity index (χ3n) is 5.29. The summed E-state index contributed by atoms with van der Waals surface area (Å²) < 4.78 is 14.1. The molecule has 2 aromatic carbocycles. The Kier molecular flexibility index (Phi) is 5.40. The van der Waals surface area contributed by atoms with Gasteiger partial charge in [-0.3, -0.25) is 15.1 Å². The number of hydrazine groups is 1. The summed E-state index contributed by atoms with van der Waals surface area (Å²) in [6.07, 6.45) is 0.514. The normalized spacial score (nSPS) is 20.7. The predicted octanol–water partition coefficient (Wildman–Crippen LogP) is 1.87. The van der Waals surface area contributed by atoms with Crippen molar-refractivity contribution in [3.8, 4) is 0 Å². The van der Waals surface area contributed by atoms with Crippen molar-refractivity contribution in [3.63, 3.8) is 0 Å². The summed E-state index contributed by atoms with van der Waals surface area (Å²) in [6, 6.07) is 10.4. The molecule has 0 bridgehead atoms. The number of carbonyl (C=O) groups excluding carboxylic acids is 1. The number of likely N-dealkylation sites (N-methyl/N-ethyl adjacent to an activating group) is 1. The van der Waals surface area contributed by atoms with Crippen LogP contribution in [0.5, 0.6) is 0 Å². The molecule has 2 unspecified atom stereocenters. The van der Waals surface area contributed by atoms with Crippen LogP contribution in [0, 0.1) is 12.7 Å². The molecule has 4 rings (SSSR count). The molecule has 0 radical (unpaired) electrons. The second-order valence-electron chi connectivity index (χ2n) is 7.89. The first-order chi connectivity index (χ1) is 13.9. The fraction of sp³-hybridized carbons (Fsp3) is 0.381. The van der Waals surface area contributed by atoms with E-state index < -0.39 is 6.04 Å². The third kappa shape index (κ3) is 4.19. The van der Waals surface area contributed by atoms with Gasteiger partial charge in [-0.2, -0.15) is 0 Å². The number of rotatable bonds is 5. The first kappa shape index (κ1) is 19.6. The van der Waals surface area contributed by atoms with E-state index in [0.717, 1.165) is 23.5 Å². The number of amides is 1. The van der Waals surface area contributed by atoms with Crippen molar-refractivity contribution in [2.75, 3.05) is 43.0 Å². The zero-order valence-corrected chi connectivity index (χ0v) is 16.9. The molecule has 7 nitrogen and oxygen atoms in total. The quantitative estimate of drug-likeness (QED) is 0.617. The molecule has 0 saturated carbocycles. The standard InChI is InChI=1S/C21H27FN6O/c1-13-7-8-17(22)16-10-18(25-20(13)16)21(29)24-14-5-4-6-15(9-14)28-12-23-19(26-28)11-27(2)3/h4-9,18-19,23,25-26H,10-12H2,1-3H3,(H,24,29). The second-order valence-corrected chi connectivity index (χ2v) is 7.89.